The van der Waals surface area contributed by atoms with E-state index in [0.29, 0.717) is 18.7 Å². The van der Waals surface area contributed by atoms with Crippen LogP contribution < -0.4 is 0 Å². The van der Waals surface area contributed by atoms with Crippen molar-refractivity contribution in [3.63, 3.8) is 0 Å². The summed E-state index contributed by atoms with van der Waals surface area (Å²) in [7, 11) is 1.81. The molecular formula is C17H19FN2OS. The van der Waals surface area contributed by atoms with Crippen molar-refractivity contribution in [1.82, 2.24) is 9.88 Å². The third-order valence-corrected chi connectivity index (χ3v) is 4.27. The molecule has 1 heterocycles. The highest BCUT2D eigenvalue weighted by molar-refractivity contribution is 7.99. The first-order valence-electron chi connectivity index (χ1n) is 7.17. The summed E-state index contributed by atoms with van der Waals surface area (Å²) in [4.78, 5) is 19.0. The molecule has 0 unspecified atom stereocenters. The Morgan fingerprint density at radius 3 is 2.68 bits per heavy atom. The molecule has 0 aliphatic heterocycles. The van der Waals surface area contributed by atoms with Gasteiger partial charge in [0.1, 0.15) is 5.82 Å². The molecule has 22 heavy (non-hydrogen) atoms. The molecule has 2 aromatic rings. The lowest BCUT2D eigenvalue weighted by Crippen LogP contribution is -2.29. The summed E-state index contributed by atoms with van der Waals surface area (Å²) in [5.74, 6) is 0.568. The van der Waals surface area contributed by atoms with Gasteiger partial charge >= 0.3 is 0 Å². The minimum absolute atomic E-state index is 0.116. The third kappa shape index (κ3) is 5.48. The van der Waals surface area contributed by atoms with E-state index in [1.54, 1.807) is 35.0 Å². The number of likely N-dealkylation sites (N-methyl/N-ethyl adjacent to an activating group) is 1. The maximum absolute atomic E-state index is 12.8. The first-order chi connectivity index (χ1) is 10.6. The second-order valence-corrected chi connectivity index (χ2v) is 6.11. The fourth-order valence-corrected chi connectivity index (χ4v) is 2.77. The molecule has 0 bridgehead atoms. The van der Waals surface area contributed by atoms with Crippen molar-refractivity contribution in [3.8, 4) is 0 Å². The first-order valence-corrected chi connectivity index (χ1v) is 8.16. The maximum Gasteiger partial charge on any atom is 0.223 e. The Balaban J connectivity index is 1.69. The highest BCUT2D eigenvalue weighted by atomic mass is 32.2. The van der Waals surface area contributed by atoms with E-state index in [0.717, 1.165) is 17.0 Å². The highest BCUT2D eigenvalue weighted by Gasteiger charge is 2.09. The number of halogens is 1. The molecule has 1 amide bonds. The summed E-state index contributed by atoms with van der Waals surface area (Å²) in [6.07, 6.45) is 2.99. The zero-order valence-corrected chi connectivity index (χ0v) is 13.4. The Bertz CT molecular complexity index is 589. The number of thioether (sulfide) groups is 1. The van der Waals surface area contributed by atoms with Gasteiger partial charge in [0.05, 0.1) is 0 Å². The number of aromatic nitrogens is 1. The molecule has 0 fully saturated rings. The number of benzene rings is 1. The van der Waals surface area contributed by atoms with Crippen LogP contribution in [0.2, 0.25) is 0 Å². The molecule has 1 aromatic heterocycles. The van der Waals surface area contributed by atoms with E-state index in [1.165, 1.54) is 12.1 Å². The normalized spacial score (nSPS) is 10.5. The van der Waals surface area contributed by atoms with Gasteiger partial charge in [-0.25, -0.2) is 4.39 Å². The van der Waals surface area contributed by atoms with E-state index in [2.05, 4.69) is 4.98 Å². The number of amides is 1. The summed E-state index contributed by atoms with van der Waals surface area (Å²) >= 11 is 1.56. The lowest BCUT2D eigenvalue weighted by Gasteiger charge is -2.16. The molecule has 0 aliphatic rings. The van der Waals surface area contributed by atoms with Gasteiger partial charge in [0.15, 0.2) is 0 Å². The van der Waals surface area contributed by atoms with Crippen LogP contribution in [0.15, 0.2) is 53.6 Å². The number of carbonyl (C=O) groups excluding carboxylic acids is 1. The Hall–Kier alpha value is -1.88. The zero-order valence-electron chi connectivity index (χ0n) is 12.5. The Labute approximate surface area is 134 Å². The molecule has 1 aromatic carbocycles. The molecule has 3 nitrogen and oxygen atoms in total. The van der Waals surface area contributed by atoms with Gasteiger partial charge in [-0.3, -0.25) is 9.78 Å². The van der Waals surface area contributed by atoms with Gasteiger partial charge in [-0.05, 0) is 36.4 Å². The largest absolute Gasteiger partial charge is 0.345 e. The molecule has 0 N–H and O–H groups in total. The first kappa shape index (κ1) is 16.5. The van der Waals surface area contributed by atoms with Gasteiger partial charge in [-0.2, -0.15) is 0 Å². The average molecular weight is 318 g/mol. The van der Waals surface area contributed by atoms with Gasteiger partial charge in [0, 0.05) is 49.0 Å². The SMILES string of the molecule is CN(CCc1ccccn1)C(=O)CCSc1ccc(F)cc1. The van der Waals surface area contributed by atoms with E-state index in [1.807, 2.05) is 25.2 Å². The molecule has 0 radical (unpaired) electrons. The van der Waals surface area contributed by atoms with Crippen LogP contribution in [0.4, 0.5) is 4.39 Å². The molecule has 116 valence electrons. The highest BCUT2D eigenvalue weighted by Crippen LogP contribution is 2.19. The summed E-state index contributed by atoms with van der Waals surface area (Å²) < 4.78 is 12.8. The molecule has 0 saturated heterocycles. The summed E-state index contributed by atoms with van der Waals surface area (Å²) in [6, 6.07) is 12.1. The van der Waals surface area contributed by atoms with Crippen LogP contribution in [0.25, 0.3) is 0 Å². The fourth-order valence-electron chi connectivity index (χ4n) is 1.93. The lowest BCUT2D eigenvalue weighted by molar-refractivity contribution is -0.129. The average Bonchev–Trinajstić information content (AvgIpc) is 2.55. The van der Waals surface area contributed by atoms with Crippen LogP contribution in [0.1, 0.15) is 12.1 Å². The van der Waals surface area contributed by atoms with E-state index in [9.17, 15) is 9.18 Å². The number of hydrogen-bond donors (Lipinski definition) is 0. The lowest BCUT2D eigenvalue weighted by atomic mass is 10.2. The van der Waals surface area contributed by atoms with Gasteiger partial charge in [0.25, 0.3) is 0 Å². The van der Waals surface area contributed by atoms with E-state index in [4.69, 9.17) is 0 Å². The van der Waals surface area contributed by atoms with Crippen LogP contribution in [0, 0.1) is 5.82 Å². The second kappa shape index (κ2) is 8.54. The van der Waals surface area contributed by atoms with E-state index >= 15 is 0 Å². The Kier molecular flexibility index (Phi) is 6.40. The standard InChI is InChI=1S/C17H19FN2OS/c1-20(12-9-15-4-2-3-11-19-15)17(21)10-13-22-16-7-5-14(18)6-8-16/h2-8,11H,9-10,12-13H2,1H3. The number of hydrogen-bond acceptors (Lipinski definition) is 3. The quantitative estimate of drug-likeness (QED) is 0.734. The minimum Gasteiger partial charge on any atom is -0.345 e. The van der Waals surface area contributed by atoms with Crippen LogP contribution >= 0.6 is 11.8 Å². The molecular weight excluding hydrogens is 299 g/mol. The second-order valence-electron chi connectivity index (χ2n) is 4.94. The molecule has 5 heteroatoms. The summed E-state index contributed by atoms with van der Waals surface area (Å²) in [6.45, 7) is 0.664. The van der Waals surface area contributed by atoms with Crippen molar-refractivity contribution in [2.45, 2.75) is 17.7 Å². The number of rotatable bonds is 7. The van der Waals surface area contributed by atoms with Crippen LogP contribution in [-0.4, -0.2) is 35.1 Å². The van der Waals surface area contributed by atoms with Crippen molar-refractivity contribution < 1.29 is 9.18 Å². The molecule has 0 atom stereocenters. The zero-order chi connectivity index (χ0) is 15.8. The summed E-state index contributed by atoms with van der Waals surface area (Å²) in [5.41, 5.74) is 0.989. The van der Waals surface area contributed by atoms with Crippen molar-refractivity contribution in [2.24, 2.45) is 0 Å². The number of nitrogens with zero attached hydrogens (tertiary/aromatic N) is 2. The van der Waals surface area contributed by atoms with Crippen molar-refractivity contribution in [3.05, 3.63) is 60.2 Å². The molecule has 2 rings (SSSR count). The van der Waals surface area contributed by atoms with Gasteiger partial charge < -0.3 is 4.90 Å². The van der Waals surface area contributed by atoms with E-state index < -0.39 is 0 Å². The summed E-state index contributed by atoms with van der Waals surface area (Å²) in [5, 5.41) is 0. The van der Waals surface area contributed by atoms with Gasteiger partial charge in [-0.15, -0.1) is 11.8 Å². The minimum atomic E-state index is -0.241. The van der Waals surface area contributed by atoms with Crippen LogP contribution in [0.3, 0.4) is 0 Å². The molecule has 0 aliphatic carbocycles. The van der Waals surface area contributed by atoms with Crippen LogP contribution in [0.5, 0.6) is 0 Å². The van der Waals surface area contributed by atoms with Gasteiger partial charge in [-0.1, -0.05) is 6.07 Å². The van der Waals surface area contributed by atoms with Crippen molar-refractivity contribution >= 4 is 17.7 Å². The topological polar surface area (TPSA) is 33.2 Å². The third-order valence-electron chi connectivity index (χ3n) is 3.25. The monoisotopic (exact) mass is 318 g/mol. The van der Waals surface area contributed by atoms with Crippen LogP contribution in [-0.2, 0) is 11.2 Å². The van der Waals surface area contributed by atoms with E-state index in [-0.39, 0.29) is 11.7 Å². The van der Waals surface area contributed by atoms with Crippen molar-refractivity contribution in [1.29, 1.82) is 0 Å². The Morgan fingerprint density at radius 1 is 1.23 bits per heavy atom. The Morgan fingerprint density at radius 2 is 2.00 bits per heavy atom. The van der Waals surface area contributed by atoms with Gasteiger partial charge in [0.2, 0.25) is 5.91 Å². The maximum atomic E-state index is 12.8. The van der Waals surface area contributed by atoms with Crippen molar-refractivity contribution in [2.75, 3.05) is 19.3 Å². The molecule has 0 spiro atoms. The predicted molar refractivity (Wildman–Crippen MR) is 87.3 cm³/mol. The number of pyridine rings is 1. The smallest absolute Gasteiger partial charge is 0.223 e. The number of carbonyl (C=O) groups is 1. The fraction of sp³-hybridized carbons (Fsp3) is 0.294. The molecule has 0 saturated carbocycles. The predicted octanol–water partition coefficient (Wildman–Crippen LogP) is 3.40.